The lowest BCUT2D eigenvalue weighted by Crippen LogP contribution is -2.32. The number of carbonyl (C=O) groups excluding carboxylic acids is 2. The summed E-state index contributed by atoms with van der Waals surface area (Å²) in [6.45, 7) is 2.11. The molecular formula is C20H22ClN3O7S. The number of nitrogens with zero attached hydrogens (tertiary/aromatic N) is 1. The van der Waals surface area contributed by atoms with E-state index >= 15 is 0 Å². The Hall–Kier alpha value is -2.89. The van der Waals surface area contributed by atoms with Gasteiger partial charge < -0.3 is 19.5 Å². The van der Waals surface area contributed by atoms with Crippen molar-refractivity contribution in [3.05, 3.63) is 41.6 Å². The normalized spacial score (nSPS) is 14.2. The van der Waals surface area contributed by atoms with Crippen molar-refractivity contribution in [1.29, 1.82) is 0 Å². The largest absolute Gasteiger partial charge is 0.490 e. The van der Waals surface area contributed by atoms with Gasteiger partial charge in [-0.3, -0.25) is 9.59 Å². The number of sulfonamides is 1. The van der Waals surface area contributed by atoms with Crippen LogP contribution in [0.15, 0.2) is 41.4 Å². The highest BCUT2D eigenvalue weighted by atomic mass is 35.5. The molecule has 1 unspecified atom stereocenters. The van der Waals surface area contributed by atoms with Crippen molar-refractivity contribution in [3.8, 4) is 11.5 Å². The SMILES string of the molecule is CC(OC(=O)CCNS(=O)(=O)c1ccc2c(c1)OCCCO2)C(=O)Nc1ccc(Cl)cn1. The third-order valence-corrected chi connectivity index (χ3v) is 5.99. The number of amides is 1. The fourth-order valence-electron chi connectivity index (χ4n) is 2.67. The Morgan fingerprint density at radius 1 is 1.19 bits per heavy atom. The van der Waals surface area contributed by atoms with Crippen LogP contribution in [0.4, 0.5) is 5.82 Å². The summed E-state index contributed by atoms with van der Waals surface area (Å²) in [4.78, 5) is 28.0. The summed E-state index contributed by atoms with van der Waals surface area (Å²) in [7, 11) is -3.88. The molecule has 0 spiro atoms. The average Bonchev–Trinajstić information content (AvgIpc) is 3.00. The maximum atomic E-state index is 12.5. The molecule has 10 nitrogen and oxygen atoms in total. The van der Waals surface area contributed by atoms with Gasteiger partial charge in [0.25, 0.3) is 5.91 Å². The van der Waals surface area contributed by atoms with Crippen molar-refractivity contribution < 1.29 is 32.2 Å². The number of carbonyl (C=O) groups is 2. The monoisotopic (exact) mass is 483 g/mol. The molecule has 1 aromatic carbocycles. The summed E-state index contributed by atoms with van der Waals surface area (Å²) in [5.74, 6) is -0.241. The van der Waals surface area contributed by atoms with Gasteiger partial charge in [-0.2, -0.15) is 0 Å². The minimum atomic E-state index is -3.88. The number of benzene rings is 1. The number of hydrogen-bond donors (Lipinski definition) is 2. The molecule has 1 amide bonds. The molecule has 1 atom stereocenters. The molecule has 3 rings (SSSR count). The maximum Gasteiger partial charge on any atom is 0.307 e. The Balaban J connectivity index is 1.47. The molecule has 2 N–H and O–H groups in total. The fourth-order valence-corrected chi connectivity index (χ4v) is 3.83. The van der Waals surface area contributed by atoms with Gasteiger partial charge >= 0.3 is 5.97 Å². The van der Waals surface area contributed by atoms with E-state index in [1.165, 1.54) is 37.4 Å². The smallest absolute Gasteiger partial charge is 0.307 e. The number of hydrogen-bond acceptors (Lipinski definition) is 8. The first-order valence-electron chi connectivity index (χ1n) is 9.76. The summed E-state index contributed by atoms with van der Waals surface area (Å²) in [6, 6.07) is 7.35. The van der Waals surface area contributed by atoms with Crippen LogP contribution >= 0.6 is 11.6 Å². The molecule has 1 aliphatic heterocycles. The van der Waals surface area contributed by atoms with Crippen LogP contribution in [0.3, 0.4) is 0 Å². The fraction of sp³-hybridized carbons (Fsp3) is 0.350. The number of anilines is 1. The van der Waals surface area contributed by atoms with Crippen molar-refractivity contribution in [2.24, 2.45) is 0 Å². The Morgan fingerprint density at radius 3 is 2.66 bits per heavy atom. The van der Waals surface area contributed by atoms with Crippen LogP contribution in [0.2, 0.25) is 5.02 Å². The summed E-state index contributed by atoms with van der Waals surface area (Å²) >= 11 is 5.73. The molecule has 0 aliphatic carbocycles. The highest BCUT2D eigenvalue weighted by Crippen LogP contribution is 2.31. The second-order valence-corrected chi connectivity index (χ2v) is 8.99. The highest BCUT2D eigenvalue weighted by molar-refractivity contribution is 7.89. The number of nitrogens with one attached hydrogen (secondary N) is 2. The second kappa shape index (κ2) is 10.6. The molecule has 0 saturated carbocycles. The van der Waals surface area contributed by atoms with Gasteiger partial charge in [0.05, 0.1) is 29.6 Å². The number of halogens is 1. The van der Waals surface area contributed by atoms with Gasteiger partial charge in [0.2, 0.25) is 10.0 Å². The molecule has 0 saturated heterocycles. The van der Waals surface area contributed by atoms with Crippen LogP contribution in [0, 0.1) is 0 Å². The van der Waals surface area contributed by atoms with Crippen molar-refractivity contribution >= 4 is 39.3 Å². The molecular weight excluding hydrogens is 462 g/mol. The zero-order chi connectivity index (χ0) is 23.1. The standard InChI is InChI=1S/C20H22ClN3O7S/c1-13(20(26)24-18-6-3-14(21)12-22-18)31-19(25)7-8-23-32(27,28)15-4-5-16-17(11-15)30-10-2-9-29-16/h3-6,11-13,23H,2,7-10H2,1H3,(H,22,24,26). The molecule has 1 aliphatic rings. The van der Waals surface area contributed by atoms with Crippen molar-refractivity contribution in [1.82, 2.24) is 9.71 Å². The van der Waals surface area contributed by atoms with Crippen LogP contribution in [0.1, 0.15) is 19.8 Å². The third-order valence-electron chi connectivity index (χ3n) is 4.31. The first-order chi connectivity index (χ1) is 15.2. The Labute approximate surface area is 190 Å². The zero-order valence-electron chi connectivity index (χ0n) is 17.2. The van der Waals surface area contributed by atoms with Crippen LogP contribution in [0.25, 0.3) is 0 Å². The Bertz CT molecular complexity index is 1080. The van der Waals surface area contributed by atoms with E-state index in [9.17, 15) is 18.0 Å². The molecule has 0 bridgehead atoms. The van der Waals surface area contributed by atoms with Gasteiger partial charge in [-0.1, -0.05) is 11.6 Å². The minimum Gasteiger partial charge on any atom is -0.490 e. The molecule has 0 radical (unpaired) electrons. The summed E-state index contributed by atoms with van der Waals surface area (Å²) in [6.07, 6.45) is 0.700. The van der Waals surface area contributed by atoms with E-state index in [0.29, 0.717) is 36.2 Å². The summed E-state index contributed by atoms with van der Waals surface area (Å²) in [5.41, 5.74) is 0. The molecule has 12 heteroatoms. The predicted octanol–water partition coefficient (Wildman–Crippen LogP) is 2.14. The van der Waals surface area contributed by atoms with Gasteiger partial charge in [-0.25, -0.2) is 18.1 Å². The molecule has 2 aromatic rings. The second-order valence-electron chi connectivity index (χ2n) is 6.79. The number of rotatable bonds is 8. The predicted molar refractivity (Wildman–Crippen MR) is 115 cm³/mol. The molecule has 1 aromatic heterocycles. The molecule has 0 fully saturated rings. The number of fused-ring (bicyclic) bond motifs is 1. The van der Waals surface area contributed by atoms with E-state index in [1.807, 2.05) is 0 Å². The third kappa shape index (κ3) is 6.55. The van der Waals surface area contributed by atoms with E-state index < -0.39 is 28.0 Å². The molecule has 172 valence electrons. The minimum absolute atomic E-state index is 0.0154. The summed E-state index contributed by atoms with van der Waals surface area (Å²) in [5, 5.41) is 2.90. The van der Waals surface area contributed by atoms with Gasteiger partial charge in [0, 0.05) is 25.2 Å². The van der Waals surface area contributed by atoms with Crippen LogP contribution in [-0.2, 0) is 24.3 Å². The van der Waals surface area contributed by atoms with Crippen molar-refractivity contribution in [2.45, 2.75) is 30.8 Å². The maximum absolute atomic E-state index is 12.5. The quantitative estimate of drug-likeness (QED) is 0.545. The van der Waals surface area contributed by atoms with Gasteiger partial charge in [0.1, 0.15) is 5.82 Å². The van der Waals surface area contributed by atoms with Crippen molar-refractivity contribution in [2.75, 3.05) is 25.1 Å². The van der Waals surface area contributed by atoms with E-state index in [-0.39, 0.29) is 23.7 Å². The van der Waals surface area contributed by atoms with Crippen LogP contribution in [-0.4, -0.2) is 51.1 Å². The number of aromatic nitrogens is 1. The van der Waals surface area contributed by atoms with Gasteiger partial charge in [-0.15, -0.1) is 0 Å². The van der Waals surface area contributed by atoms with Gasteiger partial charge in [0.15, 0.2) is 17.6 Å². The van der Waals surface area contributed by atoms with E-state index in [1.54, 1.807) is 6.07 Å². The van der Waals surface area contributed by atoms with E-state index in [0.717, 1.165) is 0 Å². The first kappa shape index (κ1) is 23.8. The topological polar surface area (TPSA) is 133 Å². The number of ether oxygens (including phenoxy) is 3. The highest BCUT2D eigenvalue weighted by Gasteiger charge is 2.21. The number of pyridine rings is 1. The lowest BCUT2D eigenvalue weighted by molar-refractivity contribution is -0.152. The zero-order valence-corrected chi connectivity index (χ0v) is 18.7. The molecule has 2 heterocycles. The lowest BCUT2D eigenvalue weighted by atomic mass is 10.3. The lowest BCUT2D eigenvalue weighted by Gasteiger charge is -2.14. The Kier molecular flexibility index (Phi) is 7.89. The Morgan fingerprint density at radius 2 is 1.94 bits per heavy atom. The van der Waals surface area contributed by atoms with Crippen LogP contribution in [0.5, 0.6) is 11.5 Å². The van der Waals surface area contributed by atoms with E-state index in [2.05, 4.69) is 15.0 Å². The van der Waals surface area contributed by atoms with Crippen LogP contribution < -0.4 is 19.5 Å². The van der Waals surface area contributed by atoms with E-state index in [4.69, 9.17) is 25.8 Å². The first-order valence-corrected chi connectivity index (χ1v) is 11.6. The average molecular weight is 484 g/mol. The van der Waals surface area contributed by atoms with Crippen molar-refractivity contribution in [3.63, 3.8) is 0 Å². The molecule has 32 heavy (non-hydrogen) atoms. The number of esters is 1. The summed E-state index contributed by atoms with van der Waals surface area (Å²) < 4.78 is 43.4. The van der Waals surface area contributed by atoms with Gasteiger partial charge in [-0.05, 0) is 31.2 Å².